The summed E-state index contributed by atoms with van der Waals surface area (Å²) >= 11 is 0. The van der Waals surface area contributed by atoms with E-state index >= 15 is 0 Å². The highest BCUT2D eigenvalue weighted by atomic mass is 16.5. The highest BCUT2D eigenvalue weighted by molar-refractivity contribution is 5.78. The van der Waals surface area contributed by atoms with Crippen LogP contribution in [0.25, 0.3) is 0 Å². The van der Waals surface area contributed by atoms with Crippen LogP contribution < -0.4 is 5.32 Å². The molecule has 0 spiro atoms. The van der Waals surface area contributed by atoms with E-state index in [1.54, 1.807) is 12.4 Å². The number of pyridine rings is 1. The third-order valence-electron chi connectivity index (χ3n) is 4.60. The molecule has 3 heterocycles. The zero-order valence-corrected chi connectivity index (χ0v) is 13.5. The second-order valence-electron chi connectivity index (χ2n) is 6.53. The molecule has 1 saturated heterocycles. The minimum absolute atomic E-state index is 0.0108. The van der Waals surface area contributed by atoms with Crippen molar-refractivity contribution >= 4 is 5.91 Å². The zero-order chi connectivity index (χ0) is 16.4. The molecule has 2 aromatic rings. The van der Waals surface area contributed by atoms with Crippen molar-refractivity contribution in [1.29, 1.82) is 0 Å². The van der Waals surface area contributed by atoms with Crippen molar-refractivity contribution in [3.05, 3.63) is 41.8 Å². The molecule has 1 aliphatic carbocycles. The van der Waals surface area contributed by atoms with E-state index in [1.807, 2.05) is 12.1 Å². The van der Waals surface area contributed by atoms with Crippen molar-refractivity contribution in [2.24, 2.45) is 0 Å². The number of rotatable bonds is 6. The van der Waals surface area contributed by atoms with E-state index in [0.717, 1.165) is 49.5 Å². The molecule has 1 amide bonds. The summed E-state index contributed by atoms with van der Waals surface area (Å²) in [6.07, 6.45) is 7.80. The number of nitrogens with zero attached hydrogens (tertiary/aromatic N) is 4. The lowest BCUT2D eigenvalue weighted by Gasteiger charge is -2.21. The topological polar surface area (TPSA) is 84.2 Å². The summed E-state index contributed by atoms with van der Waals surface area (Å²) in [5, 5.41) is 7.09. The van der Waals surface area contributed by atoms with Gasteiger partial charge in [0.05, 0.1) is 12.6 Å². The molecule has 1 N–H and O–H groups in total. The second kappa shape index (κ2) is 6.68. The average Bonchev–Trinajstić information content (AvgIpc) is 3.16. The van der Waals surface area contributed by atoms with Crippen molar-refractivity contribution in [3.63, 3.8) is 0 Å². The first-order valence-electron chi connectivity index (χ1n) is 8.53. The Labute approximate surface area is 140 Å². The zero-order valence-electron chi connectivity index (χ0n) is 13.5. The van der Waals surface area contributed by atoms with Crippen molar-refractivity contribution in [3.8, 4) is 0 Å². The van der Waals surface area contributed by atoms with Crippen molar-refractivity contribution < 1.29 is 9.32 Å². The van der Waals surface area contributed by atoms with Gasteiger partial charge in [-0.15, -0.1) is 0 Å². The highest BCUT2D eigenvalue weighted by Gasteiger charge is 2.34. The molecule has 2 aromatic heterocycles. The van der Waals surface area contributed by atoms with Crippen LogP contribution in [0.15, 0.2) is 29.0 Å². The fourth-order valence-electron chi connectivity index (χ4n) is 3.13. The molecule has 0 aromatic carbocycles. The number of hydrogen-bond donors (Lipinski definition) is 1. The minimum Gasteiger partial charge on any atom is -0.351 e. The summed E-state index contributed by atoms with van der Waals surface area (Å²) in [7, 11) is 0. The second-order valence-corrected chi connectivity index (χ2v) is 6.53. The minimum atomic E-state index is 0.0108. The van der Waals surface area contributed by atoms with Gasteiger partial charge in [0.25, 0.3) is 0 Å². The monoisotopic (exact) mass is 327 g/mol. The molecule has 4 rings (SSSR count). The van der Waals surface area contributed by atoms with Gasteiger partial charge in [-0.05, 0) is 43.9 Å². The van der Waals surface area contributed by atoms with Gasteiger partial charge in [0.1, 0.15) is 0 Å². The number of aromatic nitrogens is 3. The highest BCUT2D eigenvalue weighted by Crippen LogP contribution is 2.40. The maximum atomic E-state index is 12.2. The van der Waals surface area contributed by atoms with E-state index in [1.165, 1.54) is 0 Å². The van der Waals surface area contributed by atoms with Gasteiger partial charge >= 0.3 is 0 Å². The standard InChI is InChI=1S/C17H21N5O2/c23-15(19-10-12-3-1-7-18-9-12)11-22-8-2-4-14(22)16-20-17(24-21-16)13-5-6-13/h1,3,7,9,13-14H,2,4-6,8,10-11H2,(H,19,23)/t14-/m1/s1. The maximum Gasteiger partial charge on any atom is 0.234 e. The molecular formula is C17H21N5O2. The third kappa shape index (κ3) is 3.46. The molecule has 1 aliphatic heterocycles. The van der Waals surface area contributed by atoms with Gasteiger partial charge in [-0.3, -0.25) is 14.7 Å². The van der Waals surface area contributed by atoms with Crippen LogP contribution >= 0.6 is 0 Å². The van der Waals surface area contributed by atoms with Crippen molar-refractivity contribution in [2.45, 2.75) is 44.2 Å². The van der Waals surface area contributed by atoms with E-state index in [4.69, 9.17) is 4.52 Å². The number of carbonyl (C=O) groups excluding carboxylic acids is 1. The fourth-order valence-corrected chi connectivity index (χ4v) is 3.13. The Morgan fingerprint density at radius 1 is 1.38 bits per heavy atom. The van der Waals surface area contributed by atoms with Crippen LogP contribution in [0.4, 0.5) is 0 Å². The lowest BCUT2D eigenvalue weighted by molar-refractivity contribution is -0.122. The first kappa shape index (κ1) is 15.3. The van der Waals surface area contributed by atoms with Crippen LogP contribution in [0, 0.1) is 0 Å². The normalized spacial score (nSPS) is 21.1. The first-order chi connectivity index (χ1) is 11.8. The number of likely N-dealkylation sites (tertiary alicyclic amines) is 1. The molecule has 2 aliphatic rings. The molecule has 7 nitrogen and oxygen atoms in total. The van der Waals surface area contributed by atoms with Crippen molar-refractivity contribution in [2.75, 3.05) is 13.1 Å². The SMILES string of the molecule is O=C(CN1CCC[C@@H]1c1noc(C2CC2)n1)NCc1cccnc1. The third-order valence-corrected chi connectivity index (χ3v) is 4.60. The Balaban J connectivity index is 1.33. The Morgan fingerprint density at radius 2 is 2.29 bits per heavy atom. The Kier molecular flexibility index (Phi) is 4.25. The van der Waals surface area contributed by atoms with Gasteiger partial charge < -0.3 is 9.84 Å². The first-order valence-corrected chi connectivity index (χ1v) is 8.53. The molecule has 0 unspecified atom stereocenters. The molecule has 126 valence electrons. The molecular weight excluding hydrogens is 306 g/mol. The average molecular weight is 327 g/mol. The molecule has 24 heavy (non-hydrogen) atoms. The smallest absolute Gasteiger partial charge is 0.234 e. The van der Waals surface area contributed by atoms with Gasteiger partial charge in [-0.2, -0.15) is 4.98 Å². The Hall–Kier alpha value is -2.28. The molecule has 0 radical (unpaired) electrons. The summed E-state index contributed by atoms with van der Waals surface area (Å²) in [4.78, 5) is 23.0. The van der Waals surface area contributed by atoms with Gasteiger partial charge in [0.15, 0.2) is 5.82 Å². The predicted octanol–water partition coefficient (Wildman–Crippen LogP) is 1.80. The summed E-state index contributed by atoms with van der Waals surface area (Å²) in [6, 6.07) is 3.90. The van der Waals surface area contributed by atoms with Crippen LogP contribution in [-0.4, -0.2) is 39.0 Å². The van der Waals surface area contributed by atoms with Gasteiger partial charge in [-0.25, -0.2) is 0 Å². The van der Waals surface area contributed by atoms with Crippen LogP contribution in [-0.2, 0) is 11.3 Å². The van der Waals surface area contributed by atoms with E-state index in [9.17, 15) is 4.79 Å². The quantitative estimate of drug-likeness (QED) is 0.871. The van der Waals surface area contributed by atoms with Crippen LogP contribution in [0.5, 0.6) is 0 Å². The van der Waals surface area contributed by atoms with E-state index in [2.05, 4.69) is 25.3 Å². The van der Waals surface area contributed by atoms with E-state index in [0.29, 0.717) is 19.0 Å². The summed E-state index contributed by atoms with van der Waals surface area (Å²) in [5.41, 5.74) is 0.996. The number of carbonyl (C=O) groups is 1. The lowest BCUT2D eigenvalue weighted by atomic mass is 10.2. The molecule has 0 bridgehead atoms. The van der Waals surface area contributed by atoms with E-state index < -0.39 is 0 Å². The Bertz CT molecular complexity index is 698. The Morgan fingerprint density at radius 3 is 3.08 bits per heavy atom. The maximum absolute atomic E-state index is 12.2. The van der Waals surface area contributed by atoms with Crippen LogP contribution in [0.1, 0.15) is 54.9 Å². The lowest BCUT2D eigenvalue weighted by Crippen LogP contribution is -2.36. The number of hydrogen-bond acceptors (Lipinski definition) is 6. The molecule has 2 fully saturated rings. The van der Waals surface area contributed by atoms with Gasteiger partial charge in [0, 0.05) is 24.9 Å². The van der Waals surface area contributed by atoms with Crippen LogP contribution in [0.2, 0.25) is 0 Å². The number of nitrogens with one attached hydrogen (secondary N) is 1. The summed E-state index contributed by atoms with van der Waals surface area (Å²) in [5.74, 6) is 1.97. The largest absolute Gasteiger partial charge is 0.351 e. The molecule has 1 saturated carbocycles. The fraction of sp³-hybridized carbons (Fsp3) is 0.529. The summed E-state index contributed by atoms with van der Waals surface area (Å²) in [6.45, 7) is 1.75. The molecule has 1 atom stereocenters. The molecule has 7 heteroatoms. The van der Waals surface area contributed by atoms with E-state index in [-0.39, 0.29) is 11.9 Å². The van der Waals surface area contributed by atoms with Gasteiger partial charge in [0.2, 0.25) is 11.8 Å². The number of amides is 1. The van der Waals surface area contributed by atoms with Gasteiger partial charge in [-0.1, -0.05) is 11.2 Å². The summed E-state index contributed by atoms with van der Waals surface area (Å²) < 4.78 is 5.36. The van der Waals surface area contributed by atoms with Crippen LogP contribution in [0.3, 0.4) is 0 Å². The van der Waals surface area contributed by atoms with Crippen molar-refractivity contribution in [1.82, 2.24) is 25.3 Å². The predicted molar refractivity (Wildman–Crippen MR) is 85.9 cm³/mol.